The second kappa shape index (κ2) is 9.91. The lowest BCUT2D eigenvalue weighted by atomic mass is 10.1. The summed E-state index contributed by atoms with van der Waals surface area (Å²) < 4.78 is 55.3. The van der Waals surface area contributed by atoms with Crippen molar-refractivity contribution in [2.75, 3.05) is 16.6 Å². The summed E-state index contributed by atoms with van der Waals surface area (Å²) in [4.78, 5) is 26.2. The molecule has 0 spiro atoms. The van der Waals surface area contributed by atoms with Crippen molar-refractivity contribution in [2.24, 2.45) is 0 Å². The molecule has 0 amide bonds. The Labute approximate surface area is 209 Å². The molecule has 4 rings (SSSR count). The van der Waals surface area contributed by atoms with E-state index in [-0.39, 0.29) is 28.6 Å². The molecule has 0 unspecified atom stereocenters. The van der Waals surface area contributed by atoms with Gasteiger partial charge in [-0.25, -0.2) is 17.5 Å². The Kier molecular flexibility index (Phi) is 7.38. The number of ether oxygens (including phenoxy) is 1. The van der Waals surface area contributed by atoms with Crippen molar-refractivity contribution in [2.45, 2.75) is 37.5 Å². The average Bonchev–Trinajstić information content (AvgIpc) is 3.28. The fourth-order valence-corrected chi connectivity index (χ4v) is 7.28. The van der Waals surface area contributed by atoms with Crippen LogP contribution in [0, 0.1) is 5.82 Å². The summed E-state index contributed by atoms with van der Waals surface area (Å²) in [5, 5.41) is 28.3. The highest BCUT2D eigenvalue weighted by Crippen LogP contribution is 2.38. The third-order valence-electron chi connectivity index (χ3n) is 5.51. The summed E-state index contributed by atoms with van der Waals surface area (Å²) in [7, 11) is -9.22. The molecule has 2 aromatic heterocycles. The molecule has 0 saturated carbocycles. The number of halogens is 2. The highest BCUT2D eigenvalue weighted by Gasteiger charge is 2.47. The zero-order chi connectivity index (χ0) is 26.4. The van der Waals surface area contributed by atoms with Gasteiger partial charge >= 0.3 is 7.60 Å². The smallest absolute Gasteiger partial charge is 0.340 e. The molecule has 196 valence electrons. The number of anilines is 1. The lowest BCUT2D eigenvalue weighted by Gasteiger charge is -2.17. The van der Waals surface area contributed by atoms with Crippen LogP contribution in [-0.2, 0) is 19.1 Å². The van der Waals surface area contributed by atoms with Gasteiger partial charge in [0.2, 0.25) is 5.28 Å². The predicted octanol–water partition coefficient (Wildman–Crippen LogP) is 0.961. The topological polar surface area (TPSA) is 197 Å². The quantitative estimate of drug-likeness (QED) is 0.192. The van der Waals surface area contributed by atoms with Crippen molar-refractivity contribution in [3.8, 4) is 0 Å². The van der Waals surface area contributed by atoms with E-state index in [0.29, 0.717) is 5.39 Å². The first-order chi connectivity index (χ1) is 16.7. The van der Waals surface area contributed by atoms with Crippen molar-refractivity contribution < 1.29 is 42.1 Å². The van der Waals surface area contributed by atoms with Crippen LogP contribution >= 0.6 is 19.2 Å². The van der Waals surface area contributed by atoms with Gasteiger partial charge in [-0.3, -0.25) is 4.57 Å². The third-order valence-corrected chi connectivity index (χ3v) is 9.44. The molecule has 0 radical (unpaired) electrons. The van der Waals surface area contributed by atoms with Crippen LogP contribution in [0.3, 0.4) is 0 Å². The minimum Gasteiger partial charge on any atom is -0.387 e. The van der Waals surface area contributed by atoms with Crippen LogP contribution in [0.5, 0.6) is 0 Å². The molecule has 3 aromatic rings. The number of aromatic nitrogens is 4. The van der Waals surface area contributed by atoms with E-state index < -0.39 is 53.2 Å². The largest absolute Gasteiger partial charge is 0.387 e. The van der Waals surface area contributed by atoms with Gasteiger partial charge < -0.3 is 30.1 Å². The summed E-state index contributed by atoms with van der Waals surface area (Å²) in [6, 6.07) is 5.49. The van der Waals surface area contributed by atoms with Crippen LogP contribution in [0.25, 0.3) is 11.0 Å². The lowest BCUT2D eigenvalue weighted by Crippen LogP contribution is -2.36. The van der Waals surface area contributed by atoms with Crippen LogP contribution < -0.4 is 5.32 Å². The molecule has 1 aromatic carbocycles. The van der Waals surface area contributed by atoms with Crippen LogP contribution in [0.2, 0.25) is 5.28 Å². The minimum atomic E-state index is -4.89. The maximum atomic E-state index is 13.3. The van der Waals surface area contributed by atoms with Gasteiger partial charge in [-0.15, -0.1) is 0 Å². The SMILES string of the molecule is C[C@H](Nc1nc(Cl)nc2c1cnn2[C@@H]1O[C@H](CS(=O)(=O)CP(=O)(O)O)[C@@H](O)[C@H]1O)c1ccc(F)cc1. The number of fused-ring (bicyclic) bond motifs is 1. The first-order valence-corrected chi connectivity index (χ1v) is 14.4. The van der Waals surface area contributed by atoms with Gasteiger partial charge in [0.05, 0.1) is 17.3 Å². The zero-order valence-corrected chi connectivity index (χ0v) is 21.0. The van der Waals surface area contributed by atoms with Gasteiger partial charge in [0.25, 0.3) is 0 Å². The van der Waals surface area contributed by atoms with Gasteiger partial charge in [-0.05, 0) is 36.2 Å². The number of sulfone groups is 1. The number of hydrogen-bond donors (Lipinski definition) is 5. The van der Waals surface area contributed by atoms with Crippen LogP contribution in [0.1, 0.15) is 24.8 Å². The number of rotatable bonds is 8. The number of nitrogens with one attached hydrogen (secondary N) is 1. The number of hydrogen-bond acceptors (Lipinski definition) is 10. The summed E-state index contributed by atoms with van der Waals surface area (Å²) in [5.74, 6) is -1.06. The van der Waals surface area contributed by atoms with Crippen LogP contribution in [0.15, 0.2) is 30.5 Å². The Bertz CT molecular complexity index is 1420. The monoisotopic (exact) mass is 565 g/mol. The third kappa shape index (κ3) is 5.84. The first kappa shape index (κ1) is 26.8. The lowest BCUT2D eigenvalue weighted by molar-refractivity contribution is -0.0364. The molecule has 13 nitrogen and oxygen atoms in total. The van der Waals surface area contributed by atoms with Crippen molar-refractivity contribution in [3.05, 3.63) is 47.1 Å². The highest BCUT2D eigenvalue weighted by molar-refractivity contribution is 7.97. The molecule has 0 aliphatic carbocycles. The van der Waals surface area contributed by atoms with Crippen molar-refractivity contribution in [3.63, 3.8) is 0 Å². The van der Waals surface area contributed by atoms with Crippen LogP contribution in [-0.4, -0.2) is 77.7 Å². The van der Waals surface area contributed by atoms with E-state index in [1.807, 2.05) is 6.92 Å². The van der Waals surface area contributed by atoms with Gasteiger partial charge in [0.1, 0.15) is 29.9 Å². The molecule has 0 bridgehead atoms. The number of nitrogens with zero attached hydrogens (tertiary/aromatic N) is 4. The van der Waals surface area contributed by atoms with Gasteiger partial charge in [-0.2, -0.15) is 15.1 Å². The second-order valence-electron chi connectivity index (χ2n) is 8.34. The maximum Gasteiger partial charge on any atom is 0.340 e. The molecule has 3 heterocycles. The molecule has 1 aliphatic heterocycles. The fourth-order valence-electron chi connectivity index (χ4n) is 3.86. The zero-order valence-electron chi connectivity index (χ0n) is 18.5. The summed E-state index contributed by atoms with van der Waals surface area (Å²) in [6.07, 6.45) is -4.87. The highest BCUT2D eigenvalue weighted by atomic mass is 35.5. The Morgan fingerprint density at radius 2 is 1.89 bits per heavy atom. The summed E-state index contributed by atoms with van der Waals surface area (Å²) in [5.41, 5.74) is -0.579. The molecule has 36 heavy (non-hydrogen) atoms. The van der Waals surface area contributed by atoms with E-state index >= 15 is 0 Å². The number of benzene rings is 1. The summed E-state index contributed by atoms with van der Waals surface area (Å²) in [6.45, 7) is 1.81. The molecule has 1 saturated heterocycles. The Morgan fingerprint density at radius 1 is 1.22 bits per heavy atom. The van der Waals surface area contributed by atoms with Gasteiger partial charge in [-0.1, -0.05) is 12.1 Å². The average molecular weight is 566 g/mol. The van der Waals surface area contributed by atoms with E-state index in [1.165, 1.54) is 18.3 Å². The van der Waals surface area contributed by atoms with E-state index in [1.54, 1.807) is 12.1 Å². The molecule has 5 N–H and O–H groups in total. The van der Waals surface area contributed by atoms with E-state index in [9.17, 15) is 27.6 Å². The summed E-state index contributed by atoms with van der Waals surface area (Å²) >= 11 is 6.09. The van der Waals surface area contributed by atoms with Gasteiger partial charge in [0.15, 0.2) is 27.2 Å². The van der Waals surface area contributed by atoms with E-state index in [4.69, 9.17) is 26.1 Å². The fraction of sp³-hybridized carbons (Fsp3) is 0.421. The standard InChI is InChI=1S/C19H22ClFN5O8PS/c1-9(10-2-4-11(21)5-3-10)23-16-12-6-22-26(17(12)25-19(20)24-16)18-15(28)14(27)13(34-18)7-36(32,33)8-35(29,30)31/h2-6,9,13-15,18,27-28H,7-8H2,1H3,(H,23,24,25)(H2,29,30,31)/t9-,13+,14+,15+,18+/m0/s1. The van der Waals surface area contributed by atoms with E-state index in [0.717, 1.165) is 10.2 Å². The minimum absolute atomic E-state index is 0.0961. The molecular formula is C19H22ClFN5O8PS. The first-order valence-electron chi connectivity index (χ1n) is 10.4. The Balaban J connectivity index is 1.61. The maximum absolute atomic E-state index is 13.3. The van der Waals surface area contributed by atoms with Crippen LogP contribution in [0.4, 0.5) is 10.2 Å². The van der Waals surface area contributed by atoms with Crippen molar-refractivity contribution in [1.82, 2.24) is 19.7 Å². The van der Waals surface area contributed by atoms with E-state index in [2.05, 4.69) is 20.4 Å². The normalized spacial score (nSPS) is 23.8. The van der Waals surface area contributed by atoms with Crippen molar-refractivity contribution >= 4 is 45.9 Å². The number of aliphatic hydroxyl groups is 2. The molecule has 5 atom stereocenters. The van der Waals surface area contributed by atoms with Crippen molar-refractivity contribution in [1.29, 1.82) is 0 Å². The molecule has 1 fully saturated rings. The Morgan fingerprint density at radius 3 is 2.53 bits per heavy atom. The van der Waals surface area contributed by atoms with Gasteiger partial charge in [0, 0.05) is 6.04 Å². The molecule has 17 heteroatoms. The predicted molar refractivity (Wildman–Crippen MR) is 125 cm³/mol. The molecular weight excluding hydrogens is 544 g/mol. The number of aliphatic hydroxyl groups excluding tert-OH is 2. The molecule has 1 aliphatic rings. The Hall–Kier alpha value is -2.23. The second-order valence-corrected chi connectivity index (χ2v) is 12.9.